The number of urea groups is 1. The Morgan fingerprint density at radius 1 is 1.42 bits per heavy atom. The van der Waals surface area contributed by atoms with Gasteiger partial charge in [0.05, 0.1) is 35.4 Å². The summed E-state index contributed by atoms with van der Waals surface area (Å²) in [6, 6.07) is 7.52. The summed E-state index contributed by atoms with van der Waals surface area (Å²) in [4.78, 5) is 16.2. The number of amides is 2. The van der Waals surface area contributed by atoms with Crippen LogP contribution in [0.2, 0.25) is 5.02 Å². The van der Waals surface area contributed by atoms with Crippen molar-refractivity contribution in [2.24, 2.45) is 5.92 Å². The van der Waals surface area contributed by atoms with E-state index in [-0.39, 0.29) is 17.6 Å². The van der Waals surface area contributed by atoms with E-state index in [4.69, 9.17) is 11.6 Å². The van der Waals surface area contributed by atoms with Gasteiger partial charge in [-0.05, 0) is 43.4 Å². The third kappa shape index (κ3) is 2.71. The standard InChI is InChI=1S/C18H19ClN6O/c1-12-8-14-11-18(10-12,4-5-20)24(14)17(26)23-13-2-3-15(19)16(9-13)25-21-6-7-22-25/h2-3,6-7,9,12,14H,4,8,10-11H2,1H3,(H,23,26)/t12-,14-,18+/m1/s1. The van der Waals surface area contributed by atoms with Gasteiger partial charge in [0.15, 0.2) is 0 Å². The van der Waals surface area contributed by atoms with Gasteiger partial charge in [0, 0.05) is 11.7 Å². The van der Waals surface area contributed by atoms with Crippen LogP contribution in [-0.4, -0.2) is 37.5 Å². The highest BCUT2D eigenvalue weighted by atomic mass is 35.5. The normalized spacial score (nSPS) is 26.7. The Labute approximate surface area is 156 Å². The van der Waals surface area contributed by atoms with Gasteiger partial charge in [-0.3, -0.25) is 0 Å². The Bertz CT molecular complexity index is 876. The van der Waals surface area contributed by atoms with Crippen molar-refractivity contribution in [3.63, 3.8) is 0 Å². The zero-order valence-electron chi connectivity index (χ0n) is 14.4. The number of fused-ring (bicyclic) bond motifs is 2. The van der Waals surface area contributed by atoms with E-state index in [9.17, 15) is 10.1 Å². The van der Waals surface area contributed by atoms with Crippen molar-refractivity contribution < 1.29 is 4.79 Å². The van der Waals surface area contributed by atoms with E-state index < -0.39 is 0 Å². The molecule has 1 N–H and O–H groups in total. The largest absolute Gasteiger partial charge is 0.322 e. The first-order chi connectivity index (χ1) is 12.5. The first-order valence-corrected chi connectivity index (χ1v) is 9.04. The van der Waals surface area contributed by atoms with Gasteiger partial charge >= 0.3 is 6.03 Å². The van der Waals surface area contributed by atoms with Gasteiger partial charge in [0.2, 0.25) is 0 Å². The Kier molecular flexibility index (Phi) is 4.08. The van der Waals surface area contributed by atoms with E-state index in [1.54, 1.807) is 30.6 Å². The first kappa shape index (κ1) is 16.9. The van der Waals surface area contributed by atoms with Crippen LogP contribution < -0.4 is 5.32 Å². The van der Waals surface area contributed by atoms with Gasteiger partial charge in [-0.25, -0.2) is 4.79 Å². The molecular formula is C18H19ClN6O. The highest BCUT2D eigenvalue weighted by Gasteiger charge is 2.57. The molecule has 3 atom stereocenters. The van der Waals surface area contributed by atoms with Crippen LogP contribution in [0, 0.1) is 17.2 Å². The van der Waals surface area contributed by atoms with Crippen molar-refractivity contribution >= 4 is 23.3 Å². The summed E-state index contributed by atoms with van der Waals surface area (Å²) >= 11 is 6.22. The number of aromatic nitrogens is 3. The maximum absolute atomic E-state index is 12.9. The predicted molar refractivity (Wildman–Crippen MR) is 97.0 cm³/mol. The number of carbonyl (C=O) groups is 1. The van der Waals surface area contributed by atoms with E-state index >= 15 is 0 Å². The minimum absolute atomic E-state index is 0.162. The molecular weight excluding hydrogens is 352 g/mol. The van der Waals surface area contributed by atoms with Crippen LogP contribution >= 0.6 is 11.6 Å². The van der Waals surface area contributed by atoms with E-state index in [2.05, 4.69) is 28.5 Å². The molecule has 7 nitrogen and oxygen atoms in total. The molecule has 134 valence electrons. The monoisotopic (exact) mass is 370 g/mol. The fraction of sp³-hybridized carbons (Fsp3) is 0.444. The molecule has 26 heavy (non-hydrogen) atoms. The molecule has 2 aliphatic heterocycles. The van der Waals surface area contributed by atoms with Crippen LogP contribution in [0.5, 0.6) is 0 Å². The second-order valence-electron chi connectivity index (χ2n) is 7.25. The second-order valence-corrected chi connectivity index (χ2v) is 7.65. The lowest BCUT2D eigenvalue weighted by atomic mass is 9.63. The smallest absolute Gasteiger partial charge is 0.315 e. The fourth-order valence-electron chi connectivity index (χ4n) is 4.50. The maximum atomic E-state index is 12.9. The van der Waals surface area contributed by atoms with Crippen LogP contribution in [0.25, 0.3) is 5.69 Å². The van der Waals surface area contributed by atoms with Crippen molar-refractivity contribution in [1.29, 1.82) is 5.26 Å². The van der Waals surface area contributed by atoms with Gasteiger partial charge in [0.25, 0.3) is 0 Å². The summed E-state index contributed by atoms with van der Waals surface area (Å²) in [7, 11) is 0. The average Bonchev–Trinajstić information content (AvgIpc) is 3.10. The van der Waals surface area contributed by atoms with E-state index in [0.29, 0.717) is 28.7 Å². The Morgan fingerprint density at radius 2 is 2.19 bits per heavy atom. The number of nitrogens with one attached hydrogen (secondary N) is 1. The minimum atomic E-state index is -0.319. The molecule has 1 saturated carbocycles. The van der Waals surface area contributed by atoms with Crippen LogP contribution in [0.15, 0.2) is 30.6 Å². The number of anilines is 1. The third-order valence-electron chi connectivity index (χ3n) is 5.35. The van der Waals surface area contributed by atoms with Crippen molar-refractivity contribution in [1.82, 2.24) is 19.9 Å². The van der Waals surface area contributed by atoms with Gasteiger partial charge < -0.3 is 10.2 Å². The summed E-state index contributed by atoms with van der Waals surface area (Å²) in [5, 5.41) is 20.8. The molecule has 1 aliphatic carbocycles. The quantitative estimate of drug-likeness (QED) is 0.894. The topological polar surface area (TPSA) is 86.8 Å². The Hall–Kier alpha value is -2.59. The third-order valence-corrected chi connectivity index (χ3v) is 5.67. The van der Waals surface area contributed by atoms with Crippen LogP contribution in [0.3, 0.4) is 0 Å². The van der Waals surface area contributed by atoms with Crippen LogP contribution in [0.1, 0.15) is 32.6 Å². The number of benzene rings is 1. The second kappa shape index (κ2) is 6.29. The molecule has 3 aliphatic rings. The summed E-state index contributed by atoms with van der Waals surface area (Å²) in [6.45, 7) is 2.19. The molecule has 0 radical (unpaired) electrons. The summed E-state index contributed by atoms with van der Waals surface area (Å²) < 4.78 is 0. The number of rotatable bonds is 3. The zero-order valence-corrected chi connectivity index (χ0v) is 15.1. The molecule has 2 saturated heterocycles. The lowest BCUT2D eigenvalue weighted by Gasteiger charge is -2.62. The van der Waals surface area contributed by atoms with Crippen LogP contribution in [0.4, 0.5) is 10.5 Å². The van der Waals surface area contributed by atoms with E-state index in [1.807, 2.05) is 4.90 Å². The molecule has 0 spiro atoms. The van der Waals surface area contributed by atoms with Gasteiger partial charge in [-0.15, -0.1) is 0 Å². The zero-order chi connectivity index (χ0) is 18.3. The minimum Gasteiger partial charge on any atom is -0.315 e. The molecule has 8 heteroatoms. The number of nitrogens with zero attached hydrogens (tertiary/aromatic N) is 5. The molecule has 2 amide bonds. The number of piperidine rings is 1. The molecule has 1 aromatic heterocycles. The number of hydrogen-bond acceptors (Lipinski definition) is 4. The highest BCUT2D eigenvalue weighted by molar-refractivity contribution is 6.32. The highest BCUT2D eigenvalue weighted by Crippen LogP contribution is 2.51. The first-order valence-electron chi connectivity index (χ1n) is 8.66. The summed E-state index contributed by atoms with van der Waals surface area (Å²) in [5.41, 5.74) is 0.899. The number of carbonyl (C=O) groups excluding carboxylic acids is 1. The Balaban J connectivity index is 1.56. The van der Waals surface area contributed by atoms with Crippen LogP contribution in [-0.2, 0) is 0 Å². The molecule has 1 aromatic carbocycles. The molecule has 2 bridgehead atoms. The summed E-state index contributed by atoms with van der Waals surface area (Å²) in [6.07, 6.45) is 6.30. The van der Waals surface area contributed by atoms with E-state index in [1.165, 1.54) is 4.80 Å². The molecule has 0 unspecified atom stereocenters. The maximum Gasteiger partial charge on any atom is 0.322 e. The molecule has 3 fully saturated rings. The van der Waals surface area contributed by atoms with Gasteiger partial charge in [-0.2, -0.15) is 20.3 Å². The predicted octanol–water partition coefficient (Wildman–Crippen LogP) is 3.61. The molecule has 3 heterocycles. The lowest BCUT2D eigenvalue weighted by molar-refractivity contribution is -0.0864. The molecule has 5 rings (SSSR count). The number of nitriles is 1. The fourth-order valence-corrected chi connectivity index (χ4v) is 4.69. The molecule has 2 aromatic rings. The van der Waals surface area contributed by atoms with E-state index in [0.717, 1.165) is 19.3 Å². The average molecular weight is 371 g/mol. The number of halogens is 1. The SMILES string of the molecule is C[C@@H]1C[C@@H]2C[C@](CC#N)(C1)N2C(=O)Nc1ccc(Cl)c(-n2nccn2)c1. The van der Waals surface area contributed by atoms with Crippen molar-refractivity contribution in [2.75, 3.05) is 5.32 Å². The van der Waals surface area contributed by atoms with Gasteiger partial charge in [0.1, 0.15) is 5.69 Å². The summed E-state index contributed by atoms with van der Waals surface area (Å²) in [5.74, 6) is 0.541. The van der Waals surface area contributed by atoms with Crippen molar-refractivity contribution in [2.45, 2.75) is 44.2 Å². The van der Waals surface area contributed by atoms with Gasteiger partial charge in [-0.1, -0.05) is 18.5 Å². The van der Waals surface area contributed by atoms with Crippen molar-refractivity contribution in [3.8, 4) is 11.8 Å². The number of hydrogen-bond donors (Lipinski definition) is 1. The Morgan fingerprint density at radius 3 is 2.92 bits per heavy atom. The lowest BCUT2D eigenvalue weighted by Crippen LogP contribution is -2.72. The van der Waals surface area contributed by atoms with Crippen molar-refractivity contribution in [3.05, 3.63) is 35.6 Å².